The topological polar surface area (TPSA) is 93.1 Å². The van der Waals surface area contributed by atoms with Gasteiger partial charge in [0, 0.05) is 5.57 Å². The maximum absolute atomic E-state index is 12.7. The van der Waals surface area contributed by atoms with Crippen molar-refractivity contribution in [3.8, 4) is 23.0 Å². The molecule has 0 radical (unpaired) electrons. The maximum atomic E-state index is 12.7. The zero-order chi connectivity index (χ0) is 23.2. The van der Waals surface area contributed by atoms with E-state index < -0.39 is 17.4 Å². The summed E-state index contributed by atoms with van der Waals surface area (Å²) in [6.07, 6.45) is 2.48. The molecule has 0 aliphatic heterocycles. The summed E-state index contributed by atoms with van der Waals surface area (Å²) < 4.78 is 10.6. The van der Waals surface area contributed by atoms with E-state index in [2.05, 4.69) is 6.58 Å². The average molecular weight is 427 g/mol. The lowest BCUT2D eigenvalue weighted by molar-refractivity contribution is -0.144. The first kappa shape index (κ1) is 24.0. The number of phenolic OH excluding ortho intramolecular Hbond substituents is 2. The van der Waals surface area contributed by atoms with Crippen molar-refractivity contribution in [1.29, 1.82) is 0 Å². The van der Waals surface area contributed by atoms with Crippen molar-refractivity contribution in [3.05, 3.63) is 59.7 Å². The Bertz CT molecular complexity index is 974. The van der Waals surface area contributed by atoms with E-state index in [1.165, 1.54) is 19.1 Å². The first-order valence-electron chi connectivity index (χ1n) is 10.3. The van der Waals surface area contributed by atoms with Crippen LogP contribution in [0.1, 0.15) is 51.7 Å². The second-order valence-corrected chi connectivity index (χ2v) is 8.22. The Morgan fingerprint density at radius 3 is 2.39 bits per heavy atom. The molecule has 0 atom stereocenters. The summed E-state index contributed by atoms with van der Waals surface area (Å²) in [6, 6.07) is 9.88. The van der Waals surface area contributed by atoms with Crippen LogP contribution in [0.25, 0.3) is 0 Å². The number of rotatable bonds is 9. The monoisotopic (exact) mass is 426 g/mol. The number of aryl methyl sites for hydroxylation is 2. The fraction of sp³-hybridized carbons (Fsp3) is 0.360. The molecule has 0 saturated heterocycles. The second kappa shape index (κ2) is 10.2. The molecule has 0 amide bonds. The van der Waals surface area contributed by atoms with Gasteiger partial charge in [0.1, 0.15) is 0 Å². The van der Waals surface area contributed by atoms with Gasteiger partial charge in [0.2, 0.25) is 0 Å². The van der Waals surface area contributed by atoms with Crippen molar-refractivity contribution in [2.24, 2.45) is 5.41 Å². The summed E-state index contributed by atoms with van der Waals surface area (Å²) in [7, 11) is 0. The molecular weight excluding hydrogens is 396 g/mol. The Morgan fingerprint density at radius 2 is 1.77 bits per heavy atom. The number of aromatic hydroxyl groups is 2. The molecule has 0 aliphatic carbocycles. The van der Waals surface area contributed by atoms with Gasteiger partial charge in [0.25, 0.3) is 0 Å². The molecule has 2 N–H and O–H groups in total. The fourth-order valence-electron chi connectivity index (χ4n) is 3.03. The highest BCUT2D eigenvalue weighted by molar-refractivity contribution is 5.89. The van der Waals surface area contributed by atoms with E-state index in [9.17, 15) is 19.8 Å². The Balaban J connectivity index is 1.96. The molecule has 2 aromatic carbocycles. The zero-order valence-corrected chi connectivity index (χ0v) is 18.5. The quantitative estimate of drug-likeness (QED) is 0.329. The predicted octanol–water partition coefficient (Wildman–Crippen LogP) is 5.10. The van der Waals surface area contributed by atoms with Gasteiger partial charge in [-0.25, -0.2) is 4.79 Å². The minimum Gasteiger partial charge on any atom is -0.504 e. The van der Waals surface area contributed by atoms with Gasteiger partial charge in [-0.05, 0) is 75.8 Å². The van der Waals surface area contributed by atoms with E-state index in [4.69, 9.17) is 9.47 Å². The van der Waals surface area contributed by atoms with Crippen molar-refractivity contribution in [1.82, 2.24) is 0 Å². The molecule has 0 unspecified atom stereocenters. The van der Waals surface area contributed by atoms with Gasteiger partial charge in [-0.3, -0.25) is 4.79 Å². The smallest absolute Gasteiger partial charge is 0.338 e. The van der Waals surface area contributed by atoms with E-state index in [1.807, 2.05) is 13.0 Å². The Kier molecular flexibility index (Phi) is 7.86. The number of ether oxygens (including phenoxy) is 2. The van der Waals surface area contributed by atoms with Gasteiger partial charge in [-0.15, -0.1) is 0 Å². The fourth-order valence-corrected chi connectivity index (χ4v) is 3.03. The molecule has 0 spiro atoms. The van der Waals surface area contributed by atoms with E-state index in [1.54, 1.807) is 32.0 Å². The summed E-state index contributed by atoms with van der Waals surface area (Å²) in [5.41, 5.74) is 1.11. The Hall–Kier alpha value is -3.28. The lowest BCUT2D eigenvalue weighted by Crippen LogP contribution is -2.29. The molecule has 31 heavy (non-hydrogen) atoms. The molecule has 0 saturated carbocycles. The third-order valence-corrected chi connectivity index (χ3v) is 5.05. The van der Waals surface area contributed by atoms with Crippen LogP contribution in [0.3, 0.4) is 0 Å². The van der Waals surface area contributed by atoms with Gasteiger partial charge >= 0.3 is 11.9 Å². The summed E-state index contributed by atoms with van der Waals surface area (Å²) in [5.74, 6) is -0.889. The van der Waals surface area contributed by atoms with Crippen LogP contribution in [-0.2, 0) is 22.4 Å². The Labute approximate surface area is 183 Å². The van der Waals surface area contributed by atoms with E-state index >= 15 is 0 Å². The minimum atomic E-state index is -0.758. The molecule has 2 rings (SSSR count). The second-order valence-electron chi connectivity index (χ2n) is 8.22. The largest absolute Gasteiger partial charge is 0.504 e. The van der Waals surface area contributed by atoms with Crippen molar-refractivity contribution in [3.63, 3.8) is 0 Å². The van der Waals surface area contributed by atoms with E-state index in [0.29, 0.717) is 25.7 Å². The third kappa shape index (κ3) is 6.35. The summed E-state index contributed by atoms with van der Waals surface area (Å²) in [4.78, 5) is 24.3. The summed E-state index contributed by atoms with van der Waals surface area (Å²) in [6.45, 7) is 10.6. The van der Waals surface area contributed by atoms with Gasteiger partial charge in [-0.1, -0.05) is 31.7 Å². The van der Waals surface area contributed by atoms with Crippen molar-refractivity contribution in [2.75, 3.05) is 0 Å². The number of benzene rings is 2. The van der Waals surface area contributed by atoms with Crippen LogP contribution in [0.15, 0.2) is 48.6 Å². The van der Waals surface area contributed by atoms with E-state index in [-0.39, 0.29) is 28.6 Å². The van der Waals surface area contributed by atoms with Crippen molar-refractivity contribution in [2.45, 2.75) is 53.4 Å². The number of carbonyl (C=O) groups excluding carboxylic acids is 2. The summed E-state index contributed by atoms with van der Waals surface area (Å²) >= 11 is 0. The number of carbonyl (C=O) groups is 2. The van der Waals surface area contributed by atoms with Crippen LogP contribution in [0, 0.1) is 5.41 Å². The normalized spacial score (nSPS) is 11.1. The molecule has 6 nitrogen and oxygen atoms in total. The standard InChI is InChI=1S/C25H30O6/c1-6-18-10-7-11-19(26)22(18)31-24(29)25(4,5)14-8-9-17-12-13-21(20(27)15-17)30-23(28)16(2)3/h7,10-13,15,26-27H,2,6,8-9,14H2,1,3-5H3. The van der Waals surface area contributed by atoms with Crippen molar-refractivity contribution >= 4 is 11.9 Å². The minimum absolute atomic E-state index is 0.0496. The third-order valence-electron chi connectivity index (χ3n) is 5.05. The number of phenols is 2. The predicted molar refractivity (Wildman–Crippen MR) is 118 cm³/mol. The molecule has 0 aromatic heterocycles. The molecular formula is C25H30O6. The molecule has 0 bridgehead atoms. The highest BCUT2D eigenvalue weighted by Gasteiger charge is 2.30. The molecule has 0 heterocycles. The Morgan fingerprint density at radius 1 is 1.06 bits per heavy atom. The first-order chi connectivity index (χ1) is 14.5. The average Bonchev–Trinajstić information content (AvgIpc) is 2.71. The summed E-state index contributed by atoms with van der Waals surface area (Å²) in [5, 5.41) is 20.2. The van der Waals surface area contributed by atoms with Gasteiger partial charge in [-0.2, -0.15) is 0 Å². The highest BCUT2D eigenvalue weighted by Crippen LogP contribution is 2.34. The number of esters is 2. The number of hydrogen-bond acceptors (Lipinski definition) is 6. The molecule has 6 heteroatoms. The number of hydrogen-bond donors (Lipinski definition) is 2. The van der Waals surface area contributed by atoms with E-state index in [0.717, 1.165) is 11.1 Å². The van der Waals surface area contributed by atoms with Crippen LogP contribution in [0.5, 0.6) is 23.0 Å². The van der Waals surface area contributed by atoms with Crippen LogP contribution in [0.4, 0.5) is 0 Å². The number of para-hydroxylation sites is 1. The van der Waals surface area contributed by atoms with Gasteiger partial charge in [0.15, 0.2) is 23.0 Å². The molecule has 2 aromatic rings. The van der Waals surface area contributed by atoms with Crippen molar-refractivity contribution < 1.29 is 29.3 Å². The lowest BCUT2D eigenvalue weighted by atomic mass is 9.86. The highest BCUT2D eigenvalue weighted by atomic mass is 16.5. The van der Waals surface area contributed by atoms with Gasteiger partial charge < -0.3 is 19.7 Å². The molecule has 0 aliphatic rings. The lowest BCUT2D eigenvalue weighted by Gasteiger charge is -2.23. The van der Waals surface area contributed by atoms with Crippen LogP contribution < -0.4 is 9.47 Å². The molecule has 166 valence electrons. The van der Waals surface area contributed by atoms with Crippen LogP contribution >= 0.6 is 0 Å². The maximum Gasteiger partial charge on any atom is 0.338 e. The van der Waals surface area contributed by atoms with Crippen LogP contribution in [-0.4, -0.2) is 22.2 Å². The zero-order valence-electron chi connectivity index (χ0n) is 18.5. The first-order valence-corrected chi connectivity index (χ1v) is 10.3. The van der Waals surface area contributed by atoms with Crippen LogP contribution in [0.2, 0.25) is 0 Å². The SMILES string of the molecule is C=C(C)C(=O)Oc1ccc(CCCC(C)(C)C(=O)Oc2c(O)cccc2CC)cc1O. The van der Waals surface area contributed by atoms with Gasteiger partial charge in [0.05, 0.1) is 5.41 Å². The molecule has 0 fully saturated rings.